The van der Waals surface area contributed by atoms with Crippen molar-refractivity contribution < 1.29 is 8.63 Å². The van der Waals surface area contributed by atoms with Crippen LogP contribution in [0.5, 0.6) is 0 Å². The molecular formula is C22H29N9O2S3. The molecule has 0 bridgehead atoms. The lowest BCUT2D eigenvalue weighted by atomic mass is 10.1. The van der Waals surface area contributed by atoms with Gasteiger partial charge in [0.2, 0.25) is 5.13 Å². The summed E-state index contributed by atoms with van der Waals surface area (Å²) in [7, 11) is 4.03. The number of nitrogens with zero attached hydrogens (tertiary/aromatic N) is 5. The molecule has 0 aliphatic carbocycles. The molecule has 0 amide bonds. The lowest BCUT2D eigenvalue weighted by Crippen LogP contribution is -2.39. The molecule has 36 heavy (non-hydrogen) atoms. The summed E-state index contributed by atoms with van der Waals surface area (Å²) in [4.78, 5) is 10.5. The van der Waals surface area contributed by atoms with Gasteiger partial charge in [0, 0.05) is 23.2 Å². The van der Waals surface area contributed by atoms with Gasteiger partial charge in [0.15, 0.2) is 5.96 Å². The van der Waals surface area contributed by atoms with Crippen molar-refractivity contribution in [2.45, 2.75) is 12.3 Å². The summed E-state index contributed by atoms with van der Waals surface area (Å²) in [6.07, 6.45) is 3.46. The van der Waals surface area contributed by atoms with E-state index in [4.69, 9.17) is 15.9 Å². The van der Waals surface area contributed by atoms with Crippen LogP contribution in [0.1, 0.15) is 11.5 Å². The summed E-state index contributed by atoms with van der Waals surface area (Å²) >= 11 is 1.65. The first kappa shape index (κ1) is 26.0. The number of benzene rings is 1. The molecule has 11 nitrogen and oxygen atoms in total. The van der Waals surface area contributed by atoms with E-state index in [2.05, 4.69) is 25.7 Å². The zero-order chi connectivity index (χ0) is 25.5. The first-order valence-electron chi connectivity index (χ1n) is 11.0. The number of hydrogen-bond donors (Lipinski definition) is 4. The second-order valence-electron chi connectivity index (χ2n) is 7.99. The summed E-state index contributed by atoms with van der Waals surface area (Å²) in [5.41, 5.74) is 19.6. The minimum atomic E-state index is -1.45. The number of thioether (sulfide) groups is 1. The van der Waals surface area contributed by atoms with Gasteiger partial charge in [-0.05, 0) is 38.4 Å². The van der Waals surface area contributed by atoms with E-state index in [-0.39, 0.29) is 5.96 Å². The van der Waals surface area contributed by atoms with E-state index < -0.39 is 11.2 Å². The summed E-state index contributed by atoms with van der Waals surface area (Å²) in [6, 6.07) is 11.7. The van der Waals surface area contributed by atoms with Crippen molar-refractivity contribution in [1.82, 2.24) is 24.1 Å². The molecule has 0 radical (unpaired) electrons. The van der Waals surface area contributed by atoms with Gasteiger partial charge < -0.3 is 20.8 Å². The number of furan rings is 1. The maximum absolute atomic E-state index is 12.8. The number of aromatic nitrogens is 1. The quantitative estimate of drug-likeness (QED) is 0.153. The van der Waals surface area contributed by atoms with Crippen LogP contribution in [-0.2, 0) is 23.5 Å². The molecule has 0 fully saturated rings. The Morgan fingerprint density at radius 1 is 1.22 bits per heavy atom. The molecule has 2 aromatic heterocycles. The topological polar surface area (TPSA) is 141 Å². The Bertz CT molecular complexity index is 1240. The number of thiazole rings is 1. The van der Waals surface area contributed by atoms with Gasteiger partial charge in [-0.1, -0.05) is 12.1 Å². The van der Waals surface area contributed by atoms with Gasteiger partial charge >= 0.3 is 0 Å². The largest absolute Gasteiger partial charge is 0.464 e. The lowest BCUT2D eigenvalue weighted by Gasteiger charge is -2.21. The molecule has 0 spiro atoms. The maximum atomic E-state index is 12.8. The van der Waals surface area contributed by atoms with Crippen molar-refractivity contribution in [3.63, 3.8) is 0 Å². The van der Waals surface area contributed by atoms with Crippen LogP contribution < -0.4 is 22.3 Å². The summed E-state index contributed by atoms with van der Waals surface area (Å²) < 4.78 is 21.8. The molecule has 6 N–H and O–H groups in total. The Morgan fingerprint density at radius 2 is 2.03 bits per heavy atom. The van der Waals surface area contributed by atoms with Crippen molar-refractivity contribution in [2.75, 3.05) is 31.8 Å². The fraction of sp³-hybridized carbons (Fsp3) is 0.273. The first-order valence-corrected chi connectivity index (χ1v) is 14.1. The van der Waals surface area contributed by atoms with Crippen LogP contribution >= 0.6 is 23.1 Å². The maximum Gasteiger partial charge on any atom is 0.258 e. The van der Waals surface area contributed by atoms with Crippen molar-refractivity contribution in [3.05, 3.63) is 65.7 Å². The Hall–Kier alpha value is -3.04. The van der Waals surface area contributed by atoms with E-state index in [0.29, 0.717) is 11.7 Å². The van der Waals surface area contributed by atoms with Crippen molar-refractivity contribution in [3.8, 4) is 11.3 Å². The van der Waals surface area contributed by atoms with E-state index >= 15 is 0 Å². The number of aliphatic imine (C=N–C) groups is 1. The molecule has 0 saturated carbocycles. The Labute approximate surface area is 220 Å². The predicted octanol–water partition coefficient (Wildman–Crippen LogP) is 2.80. The van der Waals surface area contributed by atoms with Crippen molar-refractivity contribution in [2.24, 2.45) is 16.5 Å². The SMILES string of the molecule is CN(C)Cc1ccc(CSCCNN2C=CN(Nc3cccc(-c4csc(N=C(N)N)n4)c3)S2=O)o1. The molecule has 192 valence electrons. The second-order valence-corrected chi connectivity index (χ2v) is 11.2. The monoisotopic (exact) mass is 547 g/mol. The number of hydrogen-bond acceptors (Lipinski definition) is 9. The van der Waals surface area contributed by atoms with Crippen LogP contribution in [0.3, 0.4) is 0 Å². The molecule has 14 heteroatoms. The zero-order valence-electron chi connectivity index (χ0n) is 20.0. The van der Waals surface area contributed by atoms with E-state index in [9.17, 15) is 4.21 Å². The number of guanidine groups is 1. The van der Waals surface area contributed by atoms with E-state index in [1.807, 2.05) is 55.9 Å². The minimum absolute atomic E-state index is 0.0295. The molecule has 0 saturated heterocycles. The van der Waals surface area contributed by atoms with E-state index in [1.54, 1.807) is 28.6 Å². The Balaban J connectivity index is 1.22. The average molecular weight is 548 g/mol. The van der Waals surface area contributed by atoms with Crippen LogP contribution in [0.4, 0.5) is 10.8 Å². The summed E-state index contributed by atoms with van der Waals surface area (Å²) in [6.45, 7) is 1.46. The average Bonchev–Trinajstić information content (AvgIpc) is 3.55. The van der Waals surface area contributed by atoms with Gasteiger partial charge in [0.05, 0.1) is 36.1 Å². The minimum Gasteiger partial charge on any atom is -0.464 e. The third-order valence-electron chi connectivity index (χ3n) is 4.74. The van der Waals surface area contributed by atoms with Gasteiger partial charge in [0.1, 0.15) is 11.5 Å². The number of anilines is 1. The third kappa shape index (κ3) is 7.24. The molecule has 1 aromatic carbocycles. The molecule has 3 aromatic rings. The highest BCUT2D eigenvalue weighted by Crippen LogP contribution is 2.28. The van der Waals surface area contributed by atoms with E-state index in [0.717, 1.165) is 46.5 Å². The van der Waals surface area contributed by atoms with Gasteiger partial charge in [-0.2, -0.15) is 21.2 Å². The second kappa shape index (κ2) is 12.3. The fourth-order valence-corrected chi connectivity index (χ4v) is 5.58. The summed E-state index contributed by atoms with van der Waals surface area (Å²) in [5.74, 6) is 3.54. The third-order valence-corrected chi connectivity index (χ3v) is 7.59. The van der Waals surface area contributed by atoms with Crippen LogP contribution in [0, 0.1) is 0 Å². The number of hydrazine groups is 2. The number of rotatable bonds is 12. The van der Waals surface area contributed by atoms with Crippen LogP contribution in [0.2, 0.25) is 0 Å². The van der Waals surface area contributed by atoms with Crippen LogP contribution in [0.25, 0.3) is 11.3 Å². The van der Waals surface area contributed by atoms with Gasteiger partial charge in [0.25, 0.3) is 11.2 Å². The van der Waals surface area contributed by atoms with E-state index in [1.165, 1.54) is 15.8 Å². The molecule has 1 atom stereocenters. The molecule has 3 heterocycles. The standard InChI is InChI=1S/C22H29N9O2S3/c1-29(2)13-18-6-7-19(33-18)14-34-11-8-25-30-9-10-31(36(30)32)28-17-5-3-4-16(12-17)20-15-35-22(26-20)27-21(23)24/h3-7,9-10,12,15,25,28H,8,11,13-14H2,1-2H3,(H4,23,24,26,27). The van der Waals surface area contributed by atoms with Crippen molar-refractivity contribution >= 4 is 51.0 Å². The molecule has 1 aliphatic heterocycles. The van der Waals surface area contributed by atoms with Crippen LogP contribution in [-0.4, -0.2) is 55.3 Å². The van der Waals surface area contributed by atoms with Gasteiger partial charge in [-0.25, -0.2) is 19.0 Å². The first-order chi connectivity index (χ1) is 17.4. The zero-order valence-corrected chi connectivity index (χ0v) is 22.4. The molecule has 1 aliphatic rings. The Morgan fingerprint density at radius 3 is 2.83 bits per heavy atom. The van der Waals surface area contributed by atoms with Gasteiger partial charge in [-0.15, -0.1) is 11.3 Å². The normalized spacial score (nSPS) is 15.1. The lowest BCUT2D eigenvalue weighted by molar-refractivity contribution is 0.344. The van der Waals surface area contributed by atoms with Gasteiger partial charge in [-0.3, -0.25) is 5.43 Å². The highest BCUT2D eigenvalue weighted by atomic mass is 32.2. The van der Waals surface area contributed by atoms with Crippen molar-refractivity contribution in [1.29, 1.82) is 0 Å². The highest BCUT2D eigenvalue weighted by molar-refractivity contribution is 7.98. The number of nitrogens with two attached hydrogens (primary N) is 2. The molecule has 4 rings (SSSR count). The predicted molar refractivity (Wildman–Crippen MR) is 148 cm³/mol. The number of nitrogens with one attached hydrogen (secondary N) is 2. The molecular weight excluding hydrogens is 519 g/mol. The Kier molecular flexibility index (Phi) is 8.88. The molecule has 1 unspecified atom stereocenters. The summed E-state index contributed by atoms with van der Waals surface area (Å²) in [5, 5.41) is 2.37. The highest BCUT2D eigenvalue weighted by Gasteiger charge is 2.22. The fourth-order valence-electron chi connectivity index (χ4n) is 3.24. The smallest absolute Gasteiger partial charge is 0.258 e. The van der Waals surface area contributed by atoms with Crippen LogP contribution in [0.15, 0.2) is 63.6 Å².